The van der Waals surface area contributed by atoms with Crippen LogP contribution >= 0.6 is 0 Å². The van der Waals surface area contributed by atoms with E-state index in [1.807, 2.05) is 44.2 Å². The molecule has 0 N–H and O–H groups in total. The van der Waals surface area contributed by atoms with E-state index in [9.17, 15) is 8.42 Å². The van der Waals surface area contributed by atoms with Crippen molar-refractivity contribution in [2.75, 3.05) is 13.6 Å². The SMILES string of the molecule is Cc1ccc(-c2nc(CCN(C)S(=O)(=O)c3ccc(C)cc3C)no2)cc1. The molecule has 0 unspecified atom stereocenters. The number of sulfonamides is 1. The molecule has 0 bridgehead atoms. The summed E-state index contributed by atoms with van der Waals surface area (Å²) in [4.78, 5) is 4.69. The zero-order chi connectivity index (χ0) is 19.6. The minimum absolute atomic E-state index is 0.266. The van der Waals surface area contributed by atoms with Crippen molar-refractivity contribution in [1.82, 2.24) is 14.4 Å². The normalized spacial score (nSPS) is 11.9. The molecule has 0 aliphatic heterocycles. The summed E-state index contributed by atoms with van der Waals surface area (Å²) in [6.07, 6.45) is 0.371. The average Bonchev–Trinajstić information content (AvgIpc) is 3.09. The van der Waals surface area contributed by atoms with Crippen LogP contribution in [0.4, 0.5) is 0 Å². The zero-order valence-corrected chi connectivity index (χ0v) is 16.7. The minimum atomic E-state index is -3.56. The van der Waals surface area contributed by atoms with Gasteiger partial charge >= 0.3 is 0 Å². The Bertz CT molecular complexity index is 1040. The highest BCUT2D eigenvalue weighted by atomic mass is 32.2. The monoisotopic (exact) mass is 385 g/mol. The fraction of sp³-hybridized carbons (Fsp3) is 0.300. The van der Waals surface area contributed by atoms with Crippen LogP contribution in [0.2, 0.25) is 0 Å². The van der Waals surface area contributed by atoms with E-state index in [-0.39, 0.29) is 6.54 Å². The molecule has 142 valence electrons. The molecule has 0 atom stereocenters. The number of likely N-dealkylation sites (N-methyl/N-ethyl adjacent to an activating group) is 1. The maximum atomic E-state index is 12.8. The van der Waals surface area contributed by atoms with Crippen LogP contribution in [0.15, 0.2) is 51.9 Å². The van der Waals surface area contributed by atoms with Gasteiger partial charge < -0.3 is 4.52 Å². The highest BCUT2D eigenvalue weighted by Crippen LogP contribution is 2.21. The molecule has 0 spiro atoms. The molecule has 3 aromatic rings. The van der Waals surface area contributed by atoms with Crippen LogP contribution in [0, 0.1) is 20.8 Å². The number of rotatable bonds is 6. The van der Waals surface area contributed by atoms with Gasteiger partial charge in [0.25, 0.3) is 5.89 Å². The summed E-state index contributed by atoms with van der Waals surface area (Å²) < 4.78 is 32.2. The van der Waals surface area contributed by atoms with E-state index < -0.39 is 10.0 Å². The maximum Gasteiger partial charge on any atom is 0.257 e. The molecule has 0 aliphatic rings. The average molecular weight is 385 g/mol. The second kappa shape index (κ2) is 7.62. The predicted octanol–water partition coefficient (Wildman–Crippen LogP) is 3.53. The van der Waals surface area contributed by atoms with Gasteiger partial charge in [-0.25, -0.2) is 12.7 Å². The molecule has 0 saturated heterocycles. The fourth-order valence-corrected chi connectivity index (χ4v) is 4.18. The second-order valence-electron chi connectivity index (χ2n) is 6.73. The second-order valence-corrected chi connectivity index (χ2v) is 8.74. The van der Waals surface area contributed by atoms with Crippen molar-refractivity contribution in [3.63, 3.8) is 0 Å². The molecule has 2 aromatic carbocycles. The van der Waals surface area contributed by atoms with Crippen molar-refractivity contribution in [3.8, 4) is 11.5 Å². The van der Waals surface area contributed by atoms with Gasteiger partial charge in [0.05, 0.1) is 4.90 Å². The zero-order valence-electron chi connectivity index (χ0n) is 15.9. The first kappa shape index (κ1) is 19.3. The number of aryl methyl sites for hydroxylation is 3. The molecule has 0 fully saturated rings. The summed E-state index contributed by atoms with van der Waals surface area (Å²) >= 11 is 0. The molecule has 7 heteroatoms. The van der Waals surface area contributed by atoms with Crippen LogP contribution in [0.3, 0.4) is 0 Å². The number of hydrogen-bond donors (Lipinski definition) is 0. The summed E-state index contributed by atoms with van der Waals surface area (Å²) in [6.45, 7) is 6.02. The Balaban J connectivity index is 1.70. The Morgan fingerprint density at radius 1 is 1.00 bits per heavy atom. The standard InChI is InChI=1S/C20H23N3O3S/c1-14-5-8-17(9-6-14)20-21-19(22-26-20)11-12-23(4)27(24,25)18-10-7-15(2)13-16(18)3/h5-10,13H,11-12H2,1-4H3. The third-order valence-electron chi connectivity index (χ3n) is 4.44. The van der Waals surface area contributed by atoms with Gasteiger partial charge in [-0.05, 0) is 44.5 Å². The Morgan fingerprint density at radius 2 is 1.67 bits per heavy atom. The smallest absolute Gasteiger partial charge is 0.257 e. The Hall–Kier alpha value is -2.51. The number of hydrogen-bond acceptors (Lipinski definition) is 5. The summed E-state index contributed by atoms with van der Waals surface area (Å²) in [5, 5.41) is 3.96. The molecule has 0 saturated carbocycles. The molecular formula is C20H23N3O3S. The van der Waals surface area contributed by atoms with Crippen molar-refractivity contribution < 1.29 is 12.9 Å². The third-order valence-corrected chi connectivity index (χ3v) is 6.45. The van der Waals surface area contributed by atoms with E-state index in [2.05, 4.69) is 10.1 Å². The molecule has 0 amide bonds. The summed E-state index contributed by atoms with van der Waals surface area (Å²) in [6, 6.07) is 13.1. The van der Waals surface area contributed by atoms with E-state index in [0.29, 0.717) is 23.0 Å². The molecule has 0 aliphatic carbocycles. The van der Waals surface area contributed by atoms with Gasteiger partial charge in [0.1, 0.15) is 0 Å². The topological polar surface area (TPSA) is 76.3 Å². The quantitative estimate of drug-likeness (QED) is 0.649. The maximum absolute atomic E-state index is 12.8. The lowest BCUT2D eigenvalue weighted by molar-refractivity contribution is 0.415. The van der Waals surface area contributed by atoms with E-state index in [1.165, 1.54) is 4.31 Å². The van der Waals surface area contributed by atoms with Crippen LogP contribution in [0.1, 0.15) is 22.5 Å². The summed E-state index contributed by atoms with van der Waals surface area (Å²) in [7, 11) is -1.99. The summed E-state index contributed by atoms with van der Waals surface area (Å²) in [5.41, 5.74) is 3.76. The van der Waals surface area contributed by atoms with Crippen molar-refractivity contribution in [2.45, 2.75) is 32.1 Å². The molecule has 27 heavy (non-hydrogen) atoms. The van der Waals surface area contributed by atoms with Crippen LogP contribution in [0.5, 0.6) is 0 Å². The van der Waals surface area contributed by atoms with Gasteiger partial charge in [-0.3, -0.25) is 0 Å². The lowest BCUT2D eigenvalue weighted by Crippen LogP contribution is -2.29. The van der Waals surface area contributed by atoms with Crippen molar-refractivity contribution in [3.05, 3.63) is 65.0 Å². The summed E-state index contributed by atoms with van der Waals surface area (Å²) in [5.74, 6) is 0.915. The van der Waals surface area contributed by atoms with Crippen molar-refractivity contribution in [2.24, 2.45) is 0 Å². The highest BCUT2D eigenvalue weighted by Gasteiger charge is 2.23. The van der Waals surface area contributed by atoms with Crippen LogP contribution in [-0.4, -0.2) is 36.5 Å². The highest BCUT2D eigenvalue weighted by molar-refractivity contribution is 7.89. The van der Waals surface area contributed by atoms with Gasteiger partial charge in [0, 0.05) is 25.6 Å². The van der Waals surface area contributed by atoms with Gasteiger partial charge in [-0.1, -0.05) is 40.5 Å². The van der Waals surface area contributed by atoms with Gasteiger partial charge in [-0.15, -0.1) is 0 Å². The third kappa shape index (κ3) is 4.26. The van der Waals surface area contributed by atoms with Gasteiger partial charge in [0.2, 0.25) is 10.0 Å². The molecule has 3 rings (SSSR count). The van der Waals surface area contributed by atoms with Crippen LogP contribution < -0.4 is 0 Å². The van der Waals surface area contributed by atoms with Gasteiger partial charge in [-0.2, -0.15) is 4.98 Å². The molecule has 1 heterocycles. The molecule has 6 nitrogen and oxygen atoms in total. The largest absolute Gasteiger partial charge is 0.334 e. The Labute approximate surface area is 159 Å². The first-order valence-corrected chi connectivity index (χ1v) is 10.1. The van der Waals surface area contributed by atoms with Crippen molar-refractivity contribution in [1.29, 1.82) is 0 Å². The number of aromatic nitrogens is 2. The lowest BCUT2D eigenvalue weighted by Gasteiger charge is -2.18. The van der Waals surface area contributed by atoms with E-state index in [1.54, 1.807) is 26.1 Å². The Kier molecular flexibility index (Phi) is 5.43. The van der Waals surface area contributed by atoms with Gasteiger partial charge in [0.15, 0.2) is 5.82 Å². The molecule has 1 aromatic heterocycles. The van der Waals surface area contributed by atoms with E-state index in [4.69, 9.17) is 4.52 Å². The minimum Gasteiger partial charge on any atom is -0.334 e. The predicted molar refractivity (Wildman–Crippen MR) is 104 cm³/mol. The molecular weight excluding hydrogens is 362 g/mol. The first-order valence-electron chi connectivity index (χ1n) is 8.70. The first-order chi connectivity index (χ1) is 12.8. The Morgan fingerprint density at radius 3 is 2.33 bits per heavy atom. The lowest BCUT2D eigenvalue weighted by atomic mass is 10.1. The number of benzene rings is 2. The van der Waals surface area contributed by atoms with E-state index in [0.717, 1.165) is 22.3 Å². The molecule has 0 radical (unpaired) electrons. The van der Waals surface area contributed by atoms with E-state index >= 15 is 0 Å². The van der Waals surface area contributed by atoms with Crippen LogP contribution in [0.25, 0.3) is 11.5 Å². The van der Waals surface area contributed by atoms with Crippen molar-refractivity contribution >= 4 is 10.0 Å². The number of nitrogens with zero attached hydrogens (tertiary/aromatic N) is 3. The fourth-order valence-electron chi connectivity index (χ4n) is 2.80. The van der Waals surface area contributed by atoms with Crippen LogP contribution in [-0.2, 0) is 16.4 Å².